The summed E-state index contributed by atoms with van der Waals surface area (Å²) in [6, 6.07) is 8.81. The van der Waals surface area contributed by atoms with Gasteiger partial charge in [-0.2, -0.15) is 0 Å². The van der Waals surface area contributed by atoms with Crippen LogP contribution in [0, 0.1) is 6.92 Å². The minimum absolute atomic E-state index is 0.186. The van der Waals surface area contributed by atoms with Gasteiger partial charge in [0.1, 0.15) is 0 Å². The number of nitrogens with one attached hydrogen (secondary N) is 1. The average Bonchev–Trinajstić information content (AvgIpc) is 2.42. The summed E-state index contributed by atoms with van der Waals surface area (Å²) in [5.41, 5.74) is 7.85. The van der Waals surface area contributed by atoms with Crippen LogP contribution in [0.1, 0.15) is 49.7 Å². The number of primary amides is 1. The van der Waals surface area contributed by atoms with Gasteiger partial charge in [-0.1, -0.05) is 36.2 Å². The summed E-state index contributed by atoms with van der Waals surface area (Å²) in [6.07, 6.45) is 7.28. The zero-order valence-corrected chi connectivity index (χ0v) is 12.7. The van der Waals surface area contributed by atoms with Crippen molar-refractivity contribution in [1.29, 1.82) is 0 Å². The Labute approximate surface area is 122 Å². The van der Waals surface area contributed by atoms with E-state index >= 15 is 0 Å². The molecule has 3 heteroatoms. The third-order valence-corrected chi connectivity index (χ3v) is 3.47. The minimum atomic E-state index is -0.186. The summed E-state index contributed by atoms with van der Waals surface area (Å²) in [7, 11) is 0. The molecule has 0 unspecified atom stereocenters. The second-order valence-electron chi connectivity index (χ2n) is 5.47. The number of rotatable bonds is 11. The van der Waals surface area contributed by atoms with Gasteiger partial charge >= 0.3 is 0 Å². The smallest absolute Gasteiger partial charge is 0.217 e. The highest BCUT2D eigenvalue weighted by atomic mass is 16.1. The van der Waals surface area contributed by atoms with E-state index in [0.29, 0.717) is 6.42 Å². The minimum Gasteiger partial charge on any atom is -0.370 e. The Morgan fingerprint density at radius 1 is 1.00 bits per heavy atom. The Bertz CT molecular complexity index is 373. The van der Waals surface area contributed by atoms with Crippen LogP contribution >= 0.6 is 0 Å². The number of unbranched alkanes of at least 4 members (excludes halogenated alkanes) is 3. The highest BCUT2D eigenvalue weighted by Crippen LogP contribution is 2.06. The maximum atomic E-state index is 10.5. The summed E-state index contributed by atoms with van der Waals surface area (Å²) in [5.74, 6) is -0.186. The fourth-order valence-corrected chi connectivity index (χ4v) is 2.18. The highest BCUT2D eigenvalue weighted by Gasteiger charge is 1.95. The molecule has 3 nitrogen and oxygen atoms in total. The van der Waals surface area contributed by atoms with Gasteiger partial charge in [0.25, 0.3) is 0 Å². The van der Waals surface area contributed by atoms with E-state index in [1.54, 1.807) is 0 Å². The number of hydrogen-bond acceptors (Lipinski definition) is 2. The van der Waals surface area contributed by atoms with E-state index in [-0.39, 0.29) is 5.91 Å². The van der Waals surface area contributed by atoms with Crippen molar-refractivity contribution in [3.05, 3.63) is 35.4 Å². The van der Waals surface area contributed by atoms with Gasteiger partial charge in [-0.15, -0.1) is 0 Å². The highest BCUT2D eigenvalue weighted by molar-refractivity contribution is 5.73. The van der Waals surface area contributed by atoms with Crippen LogP contribution in [0.5, 0.6) is 0 Å². The molecular weight excluding hydrogens is 248 g/mol. The van der Waals surface area contributed by atoms with Crippen molar-refractivity contribution in [3.8, 4) is 0 Å². The molecule has 1 rings (SSSR count). The molecule has 3 N–H and O–H groups in total. The monoisotopic (exact) mass is 276 g/mol. The Morgan fingerprint density at radius 2 is 1.65 bits per heavy atom. The van der Waals surface area contributed by atoms with Gasteiger partial charge in [-0.25, -0.2) is 0 Å². The van der Waals surface area contributed by atoms with Crippen molar-refractivity contribution in [2.45, 2.75) is 51.9 Å². The number of aryl methyl sites for hydroxylation is 2. The fourth-order valence-electron chi connectivity index (χ4n) is 2.18. The number of amides is 1. The first kappa shape index (κ1) is 16.7. The predicted molar refractivity (Wildman–Crippen MR) is 84.6 cm³/mol. The molecule has 0 radical (unpaired) electrons. The number of benzene rings is 1. The van der Waals surface area contributed by atoms with Gasteiger partial charge in [-0.3, -0.25) is 4.79 Å². The van der Waals surface area contributed by atoms with Crippen LogP contribution in [0.15, 0.2) is 24.3 Å². The van der Waals surface area contributed by atoms with E-state index in [1.165, 1.54) is 30.4 Å². The quantitative estimate of drug-likeness (QED) is 0.611. The van der Waals surface area contributed by atoms with Crippen molar-refractivity contribution in [3.63, 3.8) is 0 Å². The summed E-state index contributed by atoms with van der Waals surface area (Å²) < 4.78 is 0. The van der Waals surface area contributed by atoms with E-state index in [0.717, 1.165) is 32.4 Å². The number of nitrogens with two attached hydrogens (primary N) is 1. The number of carbonyl (C=O) groups excluding carboxylic acids is 1. The molecule has 1 amide bonds. The maximum Gasteiger partial charge on any atom is 0.217 e. The number of carbonyl (C=O) groups is 1. The molecule has 0 aliphatic heterocycles. The van der Waals surface area contributed by atoms with E-state index in [2.05, 4.69) is 36.5 Å². The fraction of sp³-hybridized carbons (Fsp3) is 0.588. The van der Waals surface area contributed by atoms with Crippen molar-refractivity contribution >= 4 is 5.91 Å². The molecule has 0 saturated carbocycles. The molecule has 0 fully saturated rings. The van der Waals surface area contributed by atoms with Crippen LogP contribution in [0.25, 0.3) is 0 Å². The van der Waals surface area contributed by atoms with Crippen LogP contribution in [-0.4, -0.2) is 19.0 Å². The first-order chi connectivity index (χ1) is 9.68. The van der Waals surface area contributed by atoms with Crippen molar-refractivity contribution in [2.75, 3.05) is 13.1 Å². The van der Waals surface area contributed by atoms with Gasteiger partial charge in [0.05, 0.1) is 0 Å². The Kier molecular flexibility index (Phi) is 8.72. The Morgan fingerprint density at radius 3 is 2.30 bits per heavy atom. The lowest BCUT2D eigenvalue weighted by Gasteiger charge is -2.05. The zero-order chi connectivity index (χ0) is 14.6. The van der Waals surface area contributed by atoms with Gasteiger partial charge in [0, 0.05) is 6.42 Å². The zero-order valence-electron chi connectivity index (χ0n) is 12.7. The lowest BCUT2D eigenvalue weighted by atomic mass is 10.1. The molecule has 0 spiro atoms. The van der Waals surface area contributed by atoms with E-state index in [9.17, 15) is 4.79 Å². The van der Waals surface area contributed by atoms with Gasteiger partial charge < -0.3 is 11.1 Å². The van der Waals surface area contributed by atoms with Gasteiger partial charge in [0.15, 0.2) is 0 Å². The Balaban J connectivity index is 1.87. The normalized spacial score (nSPS) is 10.7. The number of hydrogen-bond donors (Lipinski definition) is 2. The maximum absolute atomic E-state index is 10.5. The third-order valence-electron chi connectivity index (χ3n) is 3.47. The molecule has 0 aliphatic carbocycles. The topological polar surface area (TPSA) is 55.1 Å². The van der Waals surface area contributed by atoms with Crippen LogP contribution in [-0.2, 0) is 11.2 Å². The lowest BCUT2D eigenvalue weighted by molar-refractivity contribution is -0.118. The van der Waals surface area contributed by atoms with E-state index < -0.39 is 0 Å². The third kappa shape index (κ3) is 8.70. The molecule has 20 heavy (non-hydrogen) atoms. The summed E-state index contributed by atoms with van der Waals surface area (Å²) in [5, 5.41) is 3.45. The summed E-state index contributed by atoms with van der Waals surface area (Å²) in [4.78, 5) is 10.5. The van der Waals surface area contributed by atoms with E-state index in [4.69, 9.17) is 5.73 Å². The van der Waals surface area contributed by atoms with Crippen LogP contribution in [0.4, 0.5) is 0 Å². The van der Waals surface area contributed by atoms with E-state index in [1.807, 2.05) is 0 Å². The van der Waals surface area contributed by atoms with Crippen LogP contribution in [0.2, 0.25) is 0 Å². The molecule has 0 heterocycles. The molecule has 1 aromatic carbocycles. The predicted octanol–water partition coefficient (Wildman–Crippen LogP) is 2.95. The molecule has 0 saturated heterocycles. The molecule has 112 valence electrons. The summed E-state index contributed by atoms with van der Waals surface area (Å²) in [6.45, 7) is 4.25. The van der Waals surface area contributed by atoms with Crippen molar-refractivity contribution in [2.24, 2.45) is 5.73 Å². The average molecular weight is 276 g/mol. The Hall–Kier alpha value is -1.35. The largest absolute Gasteiger partial charge is 0.370 e. The summed E-state index contributed by atoms with van der Waals surface area (Å²) >= 11 is 0. The van der Waals surface area contributed by atoms with Crippen molar-refractivity contribution in [1.82, 2.24) is 5.32 Å². The van der Waals surface area contributed by atoms with Crippen molar-refractivity contribution < 1.29 is 4.79 Å². The molecular formula is C17H28N2O. The SMILES string of the molecule is Cc1ccc(CCCCNCCCCCC(N)=O)cc1. The second-order valence-corrected chi connectivity index (χ2v) is 5.47. The van der Waals surface area contributed by atoms with Crippen LogP contribution in [0.3, 0.4) is 0 Å². The van der Waals surface area contributed by atoms with Gasteiger partial charge in [-0.05, 0) is 57.7 Å². The van der Waals surface area contributed by atoms with Gasteiger partial charge in [0.2, 0.25) is 5.91 Å². The lowest BCUT2D eigenvalue weighted by Crippen LogP contribution is -2.17. The molecule has 1 aromatic rings. The molecule has 0 bridgehead atoms. The molecule has 0 aliphatic rings. The standard InChI is InChI=1S/C17H28N2O/c1-15-9-11-16(12-10-15)7-4-6-14-19-13-5-2-3-8-17(18)20/h9-12,19H,2-8,13-14H2,1H3,(H2,18,20). The van der Waals surface area contributed by atoms with Crippen LogP contribution < -0.4 is 11.1 Å². The second kappa shape index (κ2) is 10.4. The molecule has 0 atom stereocenters. The molecule has 0 aromatic heterocycles. The first-order valence-corrected chi connectivity index (χ1v) is 7.73. The first-order valence-electron chi connectivity index (χ1n) is 7.73.